The van der Waals surface area contributed by atoms with Gasteiger partial charge in [0.15, 0.2) is 0 Å². The van der Waals surface area contributed by atoms with Gasteiger partial charge in [0.25, 0.3) is 5.69 Å². The zero-order chi connectivity index (χ0) is 16.1. The number of nitro benzene ring substituents is 1. The maximum absolute atomic E-state index is 12.0. The van der Waals surface area contributed by atoms with Gasteiger partial charge in [0, 0.05) is 31.4 Å². The third-order valence-electron chi connectivity index (χ3n) is 3.31. The third-order valence-corrected chi connectivity index (χ3v) is 3.31. The Balaban J connectivity index is 2.14. The van der Waals surface area contributed by atoms with Crippen molar-refractivity contribution in [1.29, 1.82) is 0 Å². The van der Waals surface area contributed by atoms with E-state index in [1.807, 2.05) is 0 Å². The molecule has 0 saturated carbocycles. The van der Waals surface area contributed by atoms with Crippen LogP contribution in [-0.2, 0) is 25.5 Å². The highest BCUT2D eigenvalue weighted by Crippen LogP contribution is 2.30. The molecule has 1 aromatic carbocycles. The van der Waals surface area contributed by atoms with Crippen LogP contribution < -0.4 is 4.90 Å². The Hall–Kier alpha value is -2.48. The molecule has 1 heterocycles. The number of hydrogen-bond acceptors (Lipinski definition) is 6. The van der Waals surface area contributed by atoms with Crippen LogP contribution in [0.15, 0.2) is 18.2 Å². The van der Waals surface area contributed by atoms with Gasteiger partial charge in [-0.1, -0.05) is 0 Å². The van der Waals surface area contributed by atoms with Crippen LogP contribution in [0, 0.1) is 10.1 Å². The average Bonchev–Trinajstić information content (AvgIpc) is 2.50. The van der Waals surface area contributed by atoms with Gasteiger partial charge in [-0.2, -0.15) is 0 Å². The Morgan fingerprint density at radius 1 is 1.36 bits per heavy atom. The van der Waals surface area contributed by atoms with Crippen molar-refractivity contribution in [3.8, 4) is 0 Å². The van der Waals surface area contributed by atoms with E-state index in [4.69, 9.17) is 9.47 Å². The number of amides is 1. The summed E-state index contributed by atoms with van der Waals surface area (Å²) in [7, 11) is 1.49. The monoisotopic (exact) mass is 308 g/mol. The summed E-state index contributed by atoms with van der Waals surface area (Å²) in [5.74, 6) is -0.748. The van der Waals surface area contributed by atoms with Crippen molar-refractivity contribution < 1.29 is 24.0 Å². The lowest BCUT2D eigenvalue weighted by atomic mass is 10.0. The molecular formula is C14H16N2O6. The van der Waals surface area contributed by atoms with Crippen molar-refractivity contribution >= 4 is 23.3 Å². The standard InChI is InChI=1S/C14H16N2O6/c1-21-6-7-22-14(18)9-15-12-4-3-11(16(19)20)8-10(12)2-5-13(15)17/h3-4,8H,2,5-7,9H2,1H3. The highest BCUT2D eigenvalue weighted by atomic mass is 16.6. The number of non-ortho nitro benzene ring substituents is 1. The number of aryl methyl sites for hydroxylation is 1. The lowest BCUT2D eigenvalue weighted by Gasteiger charge is -2.28. The molecule has 0 aromatic heterocycles. The van der Waals surface area contributed by atoms with Crippen molar-refractivity contribution in [2.45, 2.75) is 12.8 Å². The molecule has 0 saturated heterocycles. The van der Waals surface area contributed by atoms with E-state index in [-0.39, 0.29) is 37.8 Å². The van der Waals surface area contributed by atoms with Crippen LogP contribution in [0.2, 0.25) is 0 Å². The van der Waals surface area contributed by atoms with Crippen molar-refractivity contribution in [2.75, 3.05) is 31.8 Å². The van der Waals surface area contributed by atoms with Gasteiger partial charge in [0.2, 0.25) is 5.91 Å². The highest BCUT2D eigenvalue weighted by Gasteiger charge is 2.27. The lowest BCUT2D eigenvalue weighted by Crippen LogP contribution is -2.39. The van der Waals surface area contributed by atoms with Gasteiger partial charge in [-0.05, 0) is 18.1 Å². The summed E-state index contributed by atoms with van der Waals surface area (Å²) < 4.78 is 9.72. The van der Waals surface area contributed by atoms with Gasteiger partial charge in [-0.15, -0.1) is 0 Å². The second-order valence-electron chi connectivity index (χ2n) is 4.76. The van der Waals surface area contributed by atoms with Gasteiger partial charge in [0.1, 0.15) is 13.2 Å². The largest absolute Gasteiger partial charge is 0.462 e. The minimum Gasteiger partial charge on any atom is -0.462 e. The van der Waals surface area contributed by atoms with Crippen molar-refractivity contribution in [1.82, 2.24) is 0 Å². The zero-order valence-corrected chi connectivity index (χ0v) is 12.1. The van der Waals surface area contributed by atoms with Crippen LogP contribution in [0.25, 0.3) is 0 Å². The summed E-state index contributed by atoms with van der Waals surface area (Å²) in [5, 5.41) is 10.8. The Bertz CT molecular complexity index is 601. The Morgan fingerprint density at radius 3 is 2.82 bits per heavy atom. The summed E-state index contributed by atoms with van der Waals surface area (Å²) in [6, 6.07) is 4.25. The summed E-state index contributed by atoms with van der Waals surface area (Å²) >= 11 is 0. The molecule has 1 aromatic rings. The van der Waals surface area contributed by atoms with Crippen LogP contribution in [0.1, 0.15) is 12.0 Å². The number of ether oxygens (including phenoxy) is 2. The first-order valence-electron chi connectivity index (χ1n) is 6.75. The zero-order valence-electron chi connectivity index (χ0n) is 12.1. The second kappa shape index (κ2) is 6.99. The topological polar surface area (TPSA) is 99.0 Å². The minimum atomic E-state index is -0.545. The van der Waals surface area contributed by atoms with Gasteiger partial charge < -0.3 is 14.4 Å². The van der Waals surface area contributed by atoms with E-state index in [0.29, 0.717) is 17.7 Å². The van der Waals surface area contributed by atoms with E-state index in [1.54, 1.807) is 0 Å². The molecule has 0 spiro atoms. The normalized spacial score (nSPS) is 13.7. The van der Waals surface area contributed by atoms with Crippen LogP contribution in [0.3, 0.4) is 0 Å². The van der Waals surface area contributed by atoms with Gasteiger partial charge >= 0.3 is 5.97 Å². The number of hydrogen-bond donors (Lipinski definition) is 0. The molecule has 2 rings (SSSR count). The van der Waals surface area contributed by atoms with Crippen LogP contribution in [0.4, 0.5) is 11.4 Å². The van der Waals surface area contributed by atoms with E-state index >= 15 is 0 Å². The number of esters is 1. The van der Waals surface area contributed by atoms with Crippen LogP contribution in [-0.4, -0.2) is 43.7 Å². The molecule has 0 N–H and O–H groups in total. The molecule has 0 aliphatic carbocycles. The number of carbonyl (C=O) groups excluding carboxylic acids is 2. The highest BCUT2D eigenvalue weighted by molar-refractivity contribution is 6.00. The third kappa shape index (κ3) is 3.59. The molecular weight excluding hydrogens is 292 g/mol. The first-order valence-corrected chi connectivity index (χ1v) is 6.75. The summed E-state index contributed by atoms with van der Waals surface area (Å²) in [6.07, 6.45) is 0.630. The number of nitro groups is 1. The number of anilines is 1. The maximum atomic E-state index is 12.0. The predicted molar refractivity (Wildman–Crippen MR) is 76.6 cm³/mol. The van der Waals surface area contributed by atoms with Gasteiger partial charge in [-0.3, -0.25) is 19.7 Å². The molecule has 0 atom stereocenters. The number of rotatable bonds is 6. The molecule has 8 nitrogen and oxygen atoms in total. The minimum absolute atomic E-state index is 0.0317. The second-order valence-corrected chi connectivity index (χ2v) is 4.76. The summed E-state index contributed by atoms with van der Waals surface area (Å²) in [5.41, 5.74) is 1.17. The molecule has 0 unspecified atom stereocenters. The predicted octanol–water partition coefficient (Wildman–Crippen LogP) is 1.06. The van der Waals surface area contributed by atoms with Crippen LogP contribution >= 0.6 is 0 Å². The van der Waals surface area contributed by atoms with E-state index in [9.17, 15) is 19.7 Å². The fourth-order valence-electron chi connectivity index (χ4n) is 2.25. The molecule has 0 fully saturated rings. The molecule has 0 bridgehead atoms. The average molecular weight is 308 g/mol. The number of benzene rings is 1. The van der Waals surface area contributed by atoms with E-state index in [2.05, 4.69) is 0 Å². The van der Waals surface area contributed by atoms with Crippen molar-refractivity contribution in [3.63, 3.8) is 0 Å². The van der Waals surface area contributed by atoms with Gasteiger partial charge in [-0.25, -0.2) is 0 Å². The van der Waals surface area contributed by atoms with E-state index < -0.39 is 10.9 Å². The van der Waals surface area contributed by atoms with Crippen molar-refractivity contribution in [2.24, 2.45) is 0 Å². The molecule has 0 radical (unpaired) electrons. The Kier molecular flexibility index (Phi) is 5.05. The van der Waals surface area contributed by atoms with Crippen molar-refractivity contribution in [3.05, 3.63) is 33.9 Å². The number of carbonyl (C=O) groups is 2. The first kappa shape index (κ1) is 15.9. The summed E-state index contributed by atoms with van der Waals surface area (Å²) in [4.78, 5) is 35.4. The van der Waals surface area contributed by atoms with E-state index in [0.717, 1.165) is 0 Å². The van der Waals surface area contributed by atoms with Crippen LogP contribution in [0.5, 0.6) is 0 Å². The molecule has 1 aliphatic heterocycles. The SMILES string of the molecule is COCCOC(=O)CN1C(=O)CCc2cc([N+](=O)[O-])ccc21. The fourth-order valence-corrected chi connectivity index (χ4v) is 2.25. The Morgan fingerprint density at radius 2 is 2.14 bits per heavy atom. The molecule has 8 heteroatoms. The lowest BCUT2D eigenvalue weighted by molar-refractivity contribution is -0.384. The smallest absolute Gasteiger partial charge is 0.326 e. The molecule has 118 valence electrons. The van der Waals surface area contributed by atoms with Gasteiger partial charge in [0.05, 0.1) is 11.5 Å². The Labute approximate surface area is 126 Å². The number of nitrogens with zero attached hydrogens (tertiary/aromatic N) is 2. The maximum Gasteiger partial charge on any atom is 0.326 e. The molecule has 1 amide bonds. The molecule has 1 aliphatic rings. The quantitative estimate of drug-likeness (QED) is 0.337. The first-order chi connectivity index (χ1) is 10.5. The molecule has 22 heavy (non-hydrogen) atoms. The number of fused-ring (bicyclic) bond motifs is 1. The fraction of sp³-hybridized carbons (Fsp3) is 0.429. The van der Waals surface area contributed by atoms with E-state index in [1.165, 1.54) is 30.2 Å². The number of methoxy groups -OCH3 is 1. The summed E-state index contributed by atoms with van der Waals surface area (Å²) in [6.45, 7) is 0.181.